The van der Waals surface area contributed by atoms with Crippen LogP contribution in [0.3, 0.4) is 0 Å². The van der Waals surface area contributed by atoms with Crippen molar-refractivity contribution < 1.29 is 14.3 Å². The van der Waals surface area contributed by atoms with Crippen LogP contribution in [0.25, 0.3) is 0 Å². The molecule has 4 heteroatoms. The van der Waals surface area contributed by atoms with Crippen molar-refractivity contribution in [3.63, 3.8) is 0 Å². The molecule has 1 saturated heterocycles. The molecule has 0 aromatic rings. The van der Waals surface area contributed by atoms with Gasteiger partial charge in [-0.3, -0.25) is 4.79 Å². The summed E-state index contributed by atoms with van der Waals surface area (Å²) < 4.78 is 9.70. The number of hydrogen-bond donors (Lipinski definition) is 0. The highest BCUT2D eigenvalue weighted by molar-refractivity contribution is 5.72. The van der Waals surface area contributed by atoms with E-state index in [1.165, 1.54) is 7.11 Å². The lowest BCUT2D eigenvalue weighted by Gasteiger charge is -2.14. The van der Waals surface area contributed by atoms with Gasteiger partial charge in [-0.2, -0.15) is 0 Å². The summed E-state index contributed by atoms with van der Waals surface area (Å²) in [6.45, 7) is 3.65. The SMILES string of the molecule is COCCCN1CCC(C(=O)OC)C1. The van der Waals surface area contributed by atoms with Gasteiger partial charge in [-0.05, 0) is 19.4 Å². The number of ether oxygens (including phenoxy) is 2. The molecule has 0 N–H and O–H groups in total. The van der Waals surface area contributed by atoms with E-state index in [-0.39, 0.29) is 11.9 Å². The molecule has 1 fully saturated rings. The normalized spacial score (nSPS) is 22.6. The molecule has 4 nitrogen and oxygen atoms in total. The maximum absolute atomic E-state index is 11.2. The van der Waals surface area contributed by atoms with E-state index >= 15 is 0 Å². The van der Waals surface area contributed by atoms with Crippen LogP contribution >= 0.6 is 0 Å². The Morgan fingerprint density at radius 1 is 1.50 bits per heavy atom. The predicted octanol–water partition coefficient (Wildman–Crippen LogP) is 0.518. The van der Waals surface area contributed by atoms with Crippen LogP contribution in [0.1, 0.15) is 12.8 Å². The summed E-state index contributed by atoms with van der Waals surface area (Å²) in [6.07, 6.45) is 1.96. The molecule has 1 rings (SSSR count). The second-order valence-electron chi connectivity index (χ2n) is 3.66. The molecule has 14 heavy (non-hydrogen) atoms. The third kappa shape index (κ3) is 3.27. The molecule has 1 unspecified atom stereocenters. The number of methoxy groups -OCH3 is 2. The molecule has 0 aromatic carbocycles. The van der Waals surface area contributed by atoms with Gasteiger partial charge in [0.1, 0.15) is 0 Å². The third-order valence-corrected chi connectivity index (χ3v) is 2.63. The van der Waals surface area contributed by atoms with Crippen LogP contribution in [0, 0.1) is 5.92 Å². The lowest BCUT2D eigenvalue weighted by molar-refractivity contribution is -0.144. The van der Waals surface area contributed by atoms with Gasteiger partial charge >= 0.3 is 5.97 Å². The predicted molar refractivity (Wildman–Crippen MR) is 53.1 cm³/mol. The van der Waals surface area contributed by atoms with Crippen LogP contribution < -0.4 is 0 Å². The van der Waals surface area contributed by atoms with E-state index < -0.39 is 0 Å². The second-order valence-corrected chi connectivity index (χ2v) is 3.66. The Labute approximate surface area is 85.2 Å². The van der Waals surface area contributed by atoms with Crippen molar-refractivity contribution in [1.82, 2.24) is 4.90 Å². The van der Waals surface area contributed by atoms with Gasteiger partial charge in [0.25, 0.3) is 0 Å². The van der Waals surface area contributed by atoms with E-state index in [0.717, 1.165) is 39.1 Å². The molecule has 0 aliphatic carbocycles. The molecular formula is C10H19NO3. The maximum Gasteiger partial charge on any atom is 0.310 e. The summed E-state index contributed by atoms with van der Waals surface area (Å²) in [6, 6.07) is 0. The number of nitrogens with zero attached hydrogens (tertiary/aromatic N) is 1. The van der Waals surface area contributed by atoms with Crippen molar-refractivity contribution in [3.8, 4) is 0 Å². The number of likely N-dealkylation sites (tertiary alicyclic amines) is 1. The summed E-state index contributed by atoms with van der Waals surface area (Å²) in [4.78, 5) is 13.5. The molecule has 0 spiro atoms. The molecule has 0 aromatic heterocycles. The van der Waals surface area contributed by atoms with Crippen LogP contribution in [-0.4, -0.2) is 51.3 Å². The second kappa shape index (κ2) is 5.98. The van der Waals surface area contributed by atoms with Crippen molar-refractivity contribution in [2.75, 3.05) is 40.5 Å². The molecule has 1 heterocycles. The first-order chi connectivity index (χ1) is 6.77. The van der Waals surface area contributed by atoms with Crippen molar-refractivity contribution in [1.29, 1.82) is 0 Å². The van der Waals surface area contributed by atoms with Crippen LogP contribution in [0.4, 0.5) is 0 Å². The zero-order valence-corrected chi connectivity index (χ0v) is 8.99. The highest BCUT2D eigenvalue weighted by Gasteiger charge is 2.28. The number of esters is 1. The molecule has 1 aliphatic heterocycles. The summed E-state index contributed by atoms with van der Waals surface area (Å²) >= 11 is 0. The van der Waals surface area contributed by atoms with Crippen molar-refractivity contribution in [2.24, 2.45) is 5.92 Å². The zero-order chi connectivity index (χ0) is 10.4. The number of rotatable bonds is 5. The maximum atomic E-state index is 11.2. The topological polar surface area (TPSA) is 38.8 Å². The average molecular weight is 201 g/mol. The van der Waals surface area contributed by atoms with E-state index in [1.807, 2.05) is 0 Å². The summed E-state index contributed by atoms with van der Waals surface area (Å²) in [7, 11) is 3.16. The molecule has 0 bridgehead atoms. The van der Waals surface area contributed by atoms with E-state index in [2.05, 4.69) is 4.90 Å². The van der Waals surface area contributed by atoms with E-state index in [9.17, 15) is 4.79 Å². The van der Waals surface area contributed by atoms with Crippen molar-refractivity contribution in [3.05, 3.63) is 0 Å². The Morgan fingerprint density at radius 3 is 2.93 bits per heavy atom. The van der Waals surface area contributed by atoms with Gasteiger partial charge in [0.05, 0.1) is 13.0 Å². The first kappa shape index (κ1) is 11.5. The molecule has 1 atom stereocenters. The summed E-state index contributed by atoms with van der Waals surface area (Å²) in [5.41, 5.74) is 0. The van der Waals surface area contributed by atoms with Gasteiger partial charge in [0.15, 0.2) is 0 Å². The average Bonchev–Trinajstić information content (AvgIpc) is 2.66. The van der Waals surface area contributed by atoms with Crippen molar-refractivity contribution >= 4 is 5.97 Å². The largest absolute Gasteiger partial charge is 0.469 e. The Morgan fingerprint density at radius 2 is 2.29 bits per heavy atom. The fourth-order valence-electron chi connectivity index (χ4n) is 1.83. The fourth-order valence-corrected chi connectivity index (χ4v) is 1.83. The van der Waals surface area contributed by atoms with Crippen LogP contribution in [-0.2, 0) is 14.3 Å². The highest BCUT2D eigenvalue weighted by Crippen LogP contribution is 2.17. The summed E-state index contributed by atoms with van der Waals surface area (Å²) in [5.74, 6) is 0.0155. The Kier molecular flexibility index (Phi) is 4.90. The third-order valence-electron chi connectivity index (χ3n) is 2.63. The first-order valence-electron chi connectivity index (χ1n) is 5.07. The van der Waals surface area contributed by atoms with E-state index in [4.69, 9.17) is 9.47 Å². The van der Waals surface area contributed by atoms with Gasteiger partial charge in [0.2, 0.25) is 0 Å². The first-order valence-corrected chi connectivity index (χ1v) is 5.07. The van der Waals surface area contributed by atoms with E-state index in [0.29, 0.717) is 0 Å². The lowest BCUT2D eigenvalue weighted by Crippen LogP contribution is -2.25. The minimum Gasteiger partial charge on any atom is -0.469 e. The standard InChI is InChI=1S/C10H19NO3/c1-13-7-3-5-11-6-4-9(8-11)10(12)14-2/h9H,3-8H2,1-2H3. The lowest BCUT2D eigenvalue weighted by atomic mass is 10.1. The van der Waals surface area contributed by atoms with Gasteiger partial charge in [0, 0.05) is 26.8 Å². The Hall–Kier alpha value is -0.610. The Balaban J connectivity index is 2.17. The number of carbonyl (C=O) groups is 1. The van der Waals surface area contributed by atoms with Crippen LogP contribution in [0.5, 0.6) is 0 Å². The van der Waals surface area contributed by atoms with Crippen molar-refractivity contribution in [2.45, 2.75) is 12.8 Å². The molecule has 0 radical (unpaired) electrons. The fraction of sp³-hybridized carbons (Fsp3) is 0.900. The Bertz CT molecular complexity index is 184. The minimum atomic E-state index is -0.0701. The monoisotopic (exact) mass is 201 g/mol. The molecule has 0 saturated carbocycles. The van der Waals surface area contributed by atoms with Crippen LogP contribution in [0.2, 0.25) is 0 Å². The zero-order valence-electron chi connectivity index (χ0n) is 8.99. The molecule has 82 valence electrons. The quantitative estimate of drug-likeness (QED) is 0.480. The van der Waals surface area contributed by atoms with E-state index in [1.54, 1.807) is 7.11 Å². The number of carbonyl (C=O) groups excluding carboxylic acids is 1. The van der Waals surface area contributed by atoms with Gasteiger partial charge in [-0.25, -0.2) is 0 Å². The molecular weight excluding hydrogens is 182 g/mol. The van der Waals surface area contributed by atoms with Gasteiger partial charge < -0.3 is 14.4 Å². The van der Waals surface area contributed by atoms with Gasteiger partial charge in [-0.15, -0.1) is 0 Å². The molecule has 1 aliphatic rings. The number of hydrogen-bond acceptors (Lipinski definition) is 4. The van der Waals surface area contributed by atoms with Gasteiger partial charge in [-0.1, -0.05) is 0 Å². The molecule has 0 amide bonds. The highest BCUT2D eigenvalue weighted by atomic mass is 16.5. The van der Waals surface area contributed by atoms with Crippen LogP contribution in [0.15, 0.2) is 0 Å². The smallest absolute Gasteiger partial charge is 0.310 e. The summed E-state index contributed by atoms with van der Waals surface area (Å²) in [5, 5.41) is 0. The minimum absolute atomic E-state index is 0.0701.